The summed E-state index contributed by atoms with van der Waals surface area (Å²) in [5.74, 6) is 2.12. The van der Waals surface area contributed by atoms with Crippen molar-refractivity contribution in [3.05, 3.63) is 28.9 Å². The maximum atomic E-state index is 11.2. The molecule has 1 aromatic carbocycles. The predicted octanol–water partition coefficient (Wildman–Crippen LogP) is 1.24. The van der Waals surface area contributed by atoms with Gasteiger partial charge in [0.15, 0.2) is 5.69 Å². The molecule has 7 heteroatoms. The van der Waals surface area contributed by atoms with Gasteiger partial charge in [0.25, 0.3) is 5.91 Å². The molecule has 0 radical (unpaired) electrons. The van der Waals surface area contributed by atoms with Crippen molar-refractivity contribution in [1.82, 2.24) is 15.4 Å². The topological polar surface area (TPSA) is 93.9 Å². The molecule has 19 heavy (non-hydrogen) atoms. The summed E-state index contributed by atoms with van der Waals surface area (Å²) in [7, 11) is 0. The van der Waals surface area contributed by atoms with Crippen LogP contribution in [-0.4, -0.2) is 27.9 Å². The van der Waals surface area contributed by atoms with E-state index in [0.29, 0.717) is 22.0 Å². The zero-order valence-corrected chi connectivity index (χ0v) is 10.4. The molecule has 2 aromatic rings. The van der Waals surface area contributed by atoms with Gasteiger partial charge in [0.2, 0.25) is 0 Å². The predicted molar refractivity (Wildman–Crippen MR) is 69.7 cm³/mol. The summed E-state index contributed by atoms with van der Waals surface area (Å²) in [6.45, 7) is 0.121. The summed E-state index contributed by atoms with van der Waals surface area (Å²) >= 11 is 6.05. The zero-order chi connectivity index (χ0) is 13.8. The number of hydrogen-bond acceptors (Lipinski definition) is 4. The average molecular weight is 277 g/mol. The summed E-state index contributed by atoms with van der Waals surface area (Å²) in [6, 6.07) is 4.91. The van der Waals surface area contributed by atoms with E-state index in [2.05, 4.69) is 21.3 Å². The number of terminal acetylenes is 1. The molecule has 0 fully saturated rings. The Morgan fingerprint density at radius 2 is 2.32 bits per heavy atom. The molecule has 3 N–H and O–H groups in total. The third kappa shape index (κ3) is 2.67. The summed E-state index contributed by atoms with van der Waals surface area (Å²) < 4.78 is 5.23. The summed E-state index contributed by atoms with van der Waals surface area (Å²) in [6.07, 6.45) is 5.09. The molecular weight excluding hydrogens is 268 g/mol. The fraction of sp³-hybridized carbons (Fsp3) is 0.0833. The van der Waals surface area contributed by atoms with Crippen molar-refractivity contribution >= 4 is 17.5 Å². The Hall–Kier alpha value is -2.52. The molecule has 0 saturated carbocycles. The normalized spacial score (nSPS) is 9.89. The van der Waals surface area contributed by atoms with Crippen molar-refractivity contribution in [2.24, 2.45) is 5.73 Å². The summed E-state index contributed by atoms with van der Waals surface area (Å²) in [5, 5.41) is 10.3. The fourth-order valence-corrected chi connectivity index (χ4v) is 1.72. The molecule has 0 aliphatic carbocycles. The van der Waals surface area contributed by atoms with Gasteiger partial charge in [0.1, 0.15) is 18.1 Å². The van der Waals surface area contributed by atoms with Gasteiger partial charge in [-0.25, -0.2) is 0 Å². The van der Waals surface area contributed by atoms with E-state index in [9.17, 15) is 4.79 Å². The largest absolute Gasteiger partial charge is 0.479 e. The van der Waals surface area contributed by atoms with Crippen LogP contribution in [0.3, 0.4) is 0 Å². The highest BCUT2D eigenvalue weighted by atomic mass is 35.5. The molecule has 2 rings (SSSR count). The number of H-pyrrole nitrogens is 1. The first-order valence-corrected chi connectivity index (χ1v) is 5.58. The van der Waals surface area contributed by atoms with E-state index < -0.39 is 5.91 Å². The van der Waals surface area contributed by atoms with E-state index in [1.54, 1.807) is 18.2 Å². The number of nitrogens with two attached hydrogens (primary N) is 1. The number of nitrogens with one attached hydrogen (secondary N) is 1. The van der Waals surface area contributed by atoms with Gasteiger partial charge in [0, 0.05) is 5.56 Å². The van der Waals surface area contributed by atoms with E-state index >= 15 is 0 Å². The summed E-state index contributed by atoms with van der Waals surface area (Å²) in [4.78, 5) is 11.2. The number of carbonyl (C=O) groups excluding carboxylic acids is 1. The van der Waals surface area contributed by atoms with Crippen LogP contribution < -0.4 is 10.5 Å². The Balaban J connectivity index is 2.37. The lowest BCUT2D eigenvalue weighted by atomic mass is 10.1. The Kier molecular flexibility index (Phi) is 3.68. The lowest BCUT2D eigenvalue weighted by molar-refractivity contribution is 0.0996. The maximum Gasteiger partial charge on any atom is 0.271 e. The van der Waals surface area contributed by atoms with E-state index in [4.69, 9.17) is 28.5 Å². The fourth-order valence-electron chi connectivity index (χ4n) is 1.49. The number of nitrogens with zero attached hydrogens (tertiary/aromatic N) is 2. The standard InChI is InChI=1S/C12H9ClN4O2/c1-2-5-19-9-4-3-7(6-8(9)13)10-11(12(14)18)16-17-15-10/h1,3-4,6H,5H2,(H2,14,18)(H,15,16,17). The summed E-state index contributed by atoms with van der Waals surface area (Å²) in [5.41, 5.74) is 6.17. The van der Waals surface area contributed by atoms with Gasteiger partial charge >= 0.3 is 0 Å². The van der Waals surface area contributed by atoms with Crippen molar-refractivity contribution in [3.63, 3.8) is 0 Å². The average Bonchev–Trinajstić information content (AvgIpc) is 2.86. The van der Waals surface area contributed by atoms with Gasteiger partial charge in [-0.3, -0.25) is 4.79 Å². The van der Waals surface area contributed by atoms with Crippen molar-refractivity contribution in [2.45, 2.75) is 0 Å². The second-order valence-electron chi connectivity index (χ2n) is 3.52. The molecule has 1 amide bonds. The van der Waals surface area contributed by atoms with Gasteiger partial charge in [0.05, 0.1) is 5.02 Å². The van der Waals surface area contributed by atoms with Crippen LogP contribution in [0.5, 0.6) is 5.75 Å². The molecule has 0 atom stereocenters. The van der Waals surface area contributed by atoms with E-state index in [0.717, 1.165) is 0 Å². The number of aromatic amines is 1. The minimum atomic E-state index is -0.674. The molecule has 1 heterocycles. The number of carbonyl (C=O) groups is 1. The SMILES string of the molecule is C#CCOc1ccc(-c2n[nH]nc2C(N)=O)cc1Cl. The van der Waals surface area contributed by atoms with Crippen LogP contribution in [0.1, 0.15) is 10.5 Å². The molecule has 0 aliphatic heterocycles. The maximum absolute atomic E-state index is 11.2. The van der Waals surface area contributed by atoms with Crippen LogP contribution in [0, 0.1) is 12.3 Å². The Labute approximate surface area is 113 Å². The third-order valence-corrected chi connectivity index (χ3v) is 2.59. The van der Waals surface area contributed by atoms with Crippen molar-refractivity contribution in [1.29, 1.82) is 0 Å². The number of hydrogen-bond donors (Lipinski definition) is 2. The molecule has 0 bridgehead atoms. The van der Waals surface area contributed by atoms with Crippen molar-refractivity contribution in [3.8, 4) is 29.4 Å². The first kappa shape index (κ1) is 12.9. The monoisotopic (exact) mass is 276 g/mol. The number of ether oxygens (including phenoxy) is 1. The van der Waals surface area contributed by atoms with Gasteiger partial charge in [-0.1, -0.05) is 17.5 Å². The van der Waals surface area contributed by atoms with Crippen LogP contribution in [0.2, 0.25) is 5.02 Å². The van der Waals surface area contributed by atoms with Crippen LogP contribution >= 0.6 is 11.6 Å². The molecule has 0 spiro atoms. The van der Waals surface area contributed by atoms with E-state index in [-0.39, 0.29) is 12.3 Å². The molecule has 0 saturated heterocycles. The van der Waals surface area contributed by atoms with Crippen LogP contribution in [0.25, 0.3) is 11.3 Å². The number of primary amides is 1. The highest BCUT2D eigenvalue weighted by Gasteiger charge is 2.16. The Morgan fingerprint density at radius 3 is 2.95 bits per heavy atom. The lowest BCUT2D eigenvalue weighted by Crippen LogP contribution is -2.12. The number of aromatic nitrogens is 3. The Morgan fingerprint density at radius 1 is 1.53 bits per heavy atom. The molecular formula is C12H9ClN4O2. The highest BCUT2D eigenvalue weighted by molar-refractivity contribution is 6.32. The molecule has 96 valence electrons. The van der Waals surface area contributed by atoms with Crippen LogP contribution in [-0.2, 0) is 0 Å². The number of amides is 1. The minimum Gasteiger partial charge on any atom is -0.479 e. The van der Waals surface area contributed by atoms with Gasteiger partial charge < -0.3 is 10.5 Å². The zero-order valence-electron chi connectivity index (χ0n) is 9.68. The van der Waals surface area contributed by atoms with E-state index in [1.165, 1.54) is 0 Å². The molecule has 0 unspecified atom stereocenters. The highest BCUT2D eigenvalue weighted by Crippen LogP contribution is 2.30. The van der Waals surface area contributed by atoms with Crippen LogP contribution in [0.15, 0.2) is 18.2 Å². The van der Waals surface area contributed by atoms with E-state index in [1.807, 2.05) is 0 Å². The lowest BCUT2D eigenvalue weighted by Gasteiger charge is -2.06. The van der Waals surface area contributed by atoms with Crippen LogP contribution in [0.4, 0.5) is 0 Å². The molecule has 6 nitrogen and oxygen atoms in total. The Bertz CT molecular complexity index is 660. The third-order valence-electron chi connectivity index (χ3n) is 2.30. The van der Waals surface area contributed by atoms with Gasteiger partial charge in [-0.15, -0.1) is 6.42 Å². The van der Waals surface area contributed by atoms with Crippen molar-refractivity contribution < 1.29 is 9.53 Å². The molecule has 0 aliphatic rings. The second kappa shape index (κ2) is 5.42. The number of benzene rings is 1. The van der Waals surface area contributed by atoms with Gasteiger partial charge in [-0.05, 0) is 18.2 Å². The first-order valence-electron chi connectivity index (χ1n) is 5.20. The molecule has 1 aromatic heterocycles. The van der Waals surface area contributed by atoms with Gasteiger partial charge in [-0.2, -0.15) is 15.4 Å². The number of rotatable bonds is 4. The second-order valence-corrected chi connectivity index (χ2v) is 3.93. The number of halogens is 1. The smallest absolute Gasteiger partial charge is 0.271 e. The quantitative estimate of drug-likeness (QED) is 0.822. The minimum absolute atomic E-state index is 0.0494. The first-order chi connectivity index (χ1) is 9.13. The van der Waals surface area contributed by atoms with Crippen molar-refractivity contribution in [2.75, 3.05) is 6.61 Å².